The molecule has 2 aromatic carbocycles. The fourth-order valence-electron chi connectivity index (χ4n) is 5.26. The minimum absolute atomic E-state index is 0.0416. The molecule has 2 N–H and O–H groups in total. The highest BCUT2D eigenvalue weighted by Gasteiger charge is 2.40. The standard InChI is InChI=1S/C26H26N4O2/c1-4-16-12-19-20(13-22(16)30-9-7-17(29-32)8-10-30)26(2,3)25-23(24(19)31)18-6-5-15(14-27)11-21(18)28-25/h5-6,11-13,28,32H,4,7-10H2,1-3H3. The molecule has 1 fully saturated rings. The lowest BCUT2D eigenvalue weighted by molar-refractivity contribution is 0.103. The van der Waals surface area contributed by atoms with E-state index in [1.807, 2.05) is 12.1 Å². The summed E-state index contributed by atoms with van der Waals surface area (Å²) in [5, 5.41) is 22.7. The van der Waals surface area contributed by atoms with Crippen LogP contribution >= 0.6 is 0 Å². The van der Waals surface area contributed by atoms with Gasteiger partial charge in [0.05, 0.1) is 22.9 Å². The van der Waals surface area contributed by atoms with E-state index in [1.165, 1.54) is 0 Å². The Bertz CT molecular complexity index is 1330. The van der Waals surface area contributed by atoms with Crippen molar-refractivity contribution in [2.24, 2.45) is 5.16 Å². The first-order chi connectivity index (χ1) is 15.4. The number of nitrogens with zero attached hydrogens (tertiary/aromatic N) is 3. The maximum atomic E-state index is 13.7. The molecule has 162 valence electrons. The third kappa shape index (κ3) is 2.85. The molecular formula is C26H26N4O2. The van der Waals surface area contributed by atoms with Crippen LogP contribution in [0, 0.1) is 11.3 Å². The van der Waals surface area contributed by atoms with Crippen LogP contribution in [0.5, 0.6) is 0 Å². The minimum atomic E-state index is -0.390. The third-order valence-corrected chi connectivity index (χ3v) is 7.12. The summed E-state index contributed by atoms with van der Waals surface area (Å²) in [5.41, 5.74) is 7.59. The number of aromatic amines is 1. The lowest BCUT2D eigenvalue weighted by Gasteiger charge is -2.36. The number of aromatic nitrogens is 1. The van der Waals surface area contributed by atoms with Gasteiger partial charge in [-0.3, -0.25) is 4.79 Å². The molecule has 0 amide bonds. The predicted octanol–water partition coefficient (Wildman–Crippen LogP) is 4.90. The van der Waals surface area contributed by atoms with Gasteiger partial charge in [-0.15, -0.1) is 0 Å². The summed E-state index contributed by atoms with van der Waals surface area (Å²) >= 11 is 0. The first-order valence-electron chi connectivity index (χ1n) is 11.1. The fourth-order valence-corrected chi connectivity index (χ4v) is 5.26. The number of oxime groups is 1. The summed E-state index contributed by atoms with van der Waals surface area (Å²) in [7, 11) is 0. The molecule has 6 heteroatoms. The van der Waals surface area contributed by atoms with E-state index in [4.69, 9.17) is 5.21 Å². The van der Waals surface area contributed by atoms with Gasteiger partial charge in [-0.2, -0.15) is 5.26 Å². The Labute approximate surface area is 187 Å². The summed E-state index contributed by atoms with van der Waals surface area (Å²) in [6.45, 7) is 8.02. The van der Waals surface area contributed by atoms with Gasteiger partial charge in [-0.1, -0.05) is 32.0 Å². The van der Waals surface area contributed by atoms with Crippen molar-refractivity contribution in [1.82, 2.24) is 4.98 Å². The Hall–Kier alpha value is -3.59. The summed E-state index contributed by atoms with van der Waals surface area (Å²) in [6.07, 6.45) is 2.32. The van der Waals surface area contributed by atoms with Crippen LogP contribution in [0.25, 0.3) is 10.9 Å². The van der Waals surface area contributed by atoms with Crippen LogP contribution in [-0.2, 0) is 11.8 Å². The number of nitriles is 1. The van der Waals surface area contributed by atoms with Crippen LogP contribution in [0.1, 0.15) is 71.9 Å². The summed E-state index contributed by atoms with van der Waals surface area (Å²) in [6, 6.07) is 11.9. The number of piperidine rings is 1. The molecule has 3 aromatic rings. The number of carbonyl (C=O) groups is 1. The van der Waals surface area contributed by atoms with Crippen LogP contribution in [0.2, 0.25) is 0 Å². The topological polar surface area (TPSA) is 92.5 Å². The Balaban J connectivity index is 1.67. The maximum absolute atomic E-state index is 13.7. The van der Waals surface area contributed by atoms with Gasteiger partial charge in [-0.25, -0.2) is 0 Å². The van der Waals surface area contributed by atoms with E-state index in [0.29, 0.717) is 5.56 Å². The molecule has 0 atom stereocenters. The van der Waals surface area contributed by atoms with Gasteiger partial charge in [0.25, 0.3) is 0 Å². The number of aryl methyl sites for hydroxylation is 1. The summed E-state index contributed by atoms with van der Waals surface area (Å²) in [4.78, 5) is 19.5. The molecule has 5 rings (SSSR count). The fraction of sp³-hybridized carbons (Fsp3) is 0.346. The van der Waals surface area contributed by atoms with Gasteiger partial charge < -0.3 is 15.1 Å². The lowest BCUT2D eigenvalue weighted by Crippen LogP contribution is -2.36. The molecule has 2 heterocycles. The second kappa shape index (κ2) is 7.23. The van der Waals surface area contributed by atoms with Gasteiger partial charge in [0.2, 0.25) is 0 Å². The zero-order valence-corrected chi connectivity index (χ0v) is 18.6. The minimum Gasteiger partial charge on any atom is -0.411 e. The van der Waals surface area contributed by atoms with E-state index in [9.17, 15) is 10.1 Å². The second-order valence-corrected chi connectivity index (χ2v) is 9.23. The first-order valence-corrected chi connectivity index (χ1v) is 11.1. The molecule has 1 saturated heterocycles. The largest absolute Gasteiger partial charge is 0.411 e. The molecule has 32 heavy (non-hydrogen) atoms. The zero-order valence-electron chi connectivity index (χ0n) is 18.6. The maximum Gasteiger partial charge on any atom is 0.195 e. The SMILES string of the molecule is CCc1cc2c(cc1N1CCC(=NO)CC1)C(C)(C)c1[nH]c3cc(C#N)ccc3c1C2=O. The molecule has 1 aliphatic carbocycles. The Morgan fingerprint density at radius 3 is 2.62 bits per heavy atom. The van der Waals surface area contributed by atoms with Crippen LogP contribution in [0.15, 0.2) is 35.5 Å². The van der Waals surface area contributed by atoms with Gasteiger partial charge >= 0.3 is 0 Å². The van der Waals surface area contributed by atoms with Crippen molar-refractivity contribution < 1.29 is 10.0 Å². The highest BCUT2D eigenvalue weighted by Crippen LogP contribution is 2.45. The normalized spacial score (nSPS) is 17.1. The van der Waals surface area contributed by atoms with Crippen LogP contribution in [-0.4, -0.2) is 34.8 Å². The molecular weight excluding hydrogens is 400 g/mol. The molecule has 2 aliphatic rings. The lowest BCUT2D eigenvalue weighted by atomic mass is 9.70. The van der Waals surface area contributed by atoms with Crippen LogP contribution in [0.4, 0.5) is 5.69 Å². The number of anilines is 1. The van der Waals surface area contributed by atoms with Crippen molar-refractivity contribution in [3.05, 3.63) is 63.8 Å². The van der Waals surface area contributed by atoms with Gasteiger partial charge in [-0.05, 0) is 41.8 Å². The third-order valence-electron chi connectivity index (χ3n) is 7.12. The zero-order chi connectivity index (χ0) is 22.6. The van der Waals surface area contributed by atoms with E-state index in [0.717, 1.165) is 82.6 Å². The quantitative estimate of drug-likeness (QED) is 0.450. The average Bonchev–Trinajstić information content (AvgIpc) is 3.22. The van der Waals surface area contributed by atoms with E-state index < -0.39 is 0 Å². The molecule has 0 saturated carbocycles. The number of fused-ring (bicyclic) bond motifs is 4. The van der Waals surface area contributed by atoms with Crippen molar-refractivity contribution in [1.29, 1.82) is 5.26 Å². The molecule has 1 aromatic heterocycles. The predicted molar refractivity (Wildman–Crippen MR) is 125 cm³/mol. The number of hydrogen-bond donors (Lipinski definition) is 2. The molecule has 0 radical (unpaired) electrons. The highest BCUT2D eigenvalue weighted by molar-refractivity contribution is 6.20. The van der Waals surface area contributed by atoms with Crippen molar-refractivity contribution in [2.75, 3.05) is 18.0 Å². The van der Waals surface area contributed by atoms with Crippen molar-refractivity contribution in [3.63, 3.8) is 0 Å². The molecule has 0 bridgehead atoms. The van der Waals surface area contributed by atoms with Crippen LogP contribution in [0.3, 0.4) is 0 Å². The van der Waals surface area contributed by atoms with Crippen molar-refractivity contribution >= 4 is 28.1 Å². The molecule has 0 spiro atoms. The van der Waals surface area contributed by atoms with Gasteiger partial charge in [0.15, 0.2) is 5.78 Å². The van der Waals surface area contributed by atoms with E-state index >= 15 is 0 Å². The molecule has 6 nitrogen and oxygen atoms in total. The number of H-pyrrole nitrogens is 1. The highest BCUT2D eigenvalue weighted by atomic mass is 16.4. The Kier molecular flexibility index (Phi) is 4.59. The van der Waals surface area contributed by atoms with E-state index in [2.05, 4.69) is 54.0 Å². The first kappa shape index (κ1) is 20.3. The average molecular weight is 427 g/mol. The van der Waals surface area contributed by atoms with E-state index in [-0.39, 0.29) is 11.2 Å². The van der Waals surface area contributed by atoms with Crippen LogP contribution < -0.4 is 4.90 Å². The number of carbonyl (C=O) groups excluding carboxylic acids is 1. The number of benzene rings is 2. The van der Waals surface area contributed by atoms with Gasteiger partial charge in [0.1, 0.15) is 0 Å². The monoisotopic (exact) mass is 426 g/mol. The number of ketones is 1. The van der Waals surface area contributed by atoms with Crippen molar-refractivity contribution in [3.8, 4) is 6.07 Å². The molecule has 1 aliphatic heterocycles. The molecule has 0 unspecified atom stereocenters. The smallest absolute Gasteiger partial charge is 0.195 e. The Morgan fingerprint density at radius 2 is 1.97 bits per heavy atom. The van der Waals surface area contributed by atoms with E-state index in [1.54, 1.807) is 6.07 Å². The number of rotatable bonds is 2. The second-order valence-electron chi connectivity index (χ2n) is 9.23. The summed E-state index contributed by atoms with van der Waals surface area (Å²) < 4.78 is 0. The number of nitrogens with one attached hydrogen (secondary N) is 1. The summed E-state index contributed by atoms with van der Waals surface area (Å²) in [5.74, 6) is 0.0416. The van der Waals surface area contributed by atoms with Crippen molar-refractivity contribution in [2.45, 2.75) is 45.4 Å². The Morgan fingerprint density at radius 1 is 1.22 bits per heavy atom. The number of hydrogen-bond acceptors (Lipinski definition) is 5. The van der Waals surface area contributed by atoms with Gasteiger partial charge in [0, 0.05) is 59.2 Å².